The molecular formula is C48H55N3O2. The number of fused-ring (bicyclic) bond motifs is 11. The fourth-order valence-corrected chi connectivity index (χ4v) is 8.60. The summed E-state index contributed by atoms with van der Waals surface area (Å²) >= 11 is 0. The van der Waals surface area contributed by atoms with E-state index < -0.39 is 0 Å². The highest BCUT2D eigenvalue weighted by Gasteiger charge is 2.44. The maximum absolute atomic E-state index is 12.8. The summed E-state index contributed by atoms with van der Waals surface area (Å²) in [6.07, 6.45) is 3.71. The first-order valence-electron chi connectivity index (χ1n) is 19.9. The molecule has 1 aliphatic carbocycles. The second-order valence-corrected chi connectivity index (χ2v) is 17.1. The van der Waals surface area contributed by atoms with Gasteiger partial charge in [-0.2, -0.15) is 0 Å². The molecule has 53 heavy (non-hydrogen) atoms. The molecule has 1 N–H and O–H groups in total. The smallest absolute Gasteiger partial charge is 0.247 e. The van der Waals surface area contributed by atoms with Crippen LogP contribution in [0.25, 0.3) is 44.3 Å². The Morgan fingerprint density at radius 3 is 1.77 bits per heavy atom. The van der Waals surface area contributed by atoms with Gasteiger partial charge >= 0.3 is 0 Å². The van der Waals surface area contributed by atoms with Crippen molar-refractivity contribution in [2.45, 2.75) is 117 Å². The van der Waals surface area contributed by atoms with E-state index in [2.05, 4.69) is 155 Å². The van der Waals surface area contributed by atoms with Crippen LogP contribution in [0.15, 0.2) is 84.9 Å². The Hall–Kier alpha value is -4.77. The monoisotopic (exact) mass is 705 g/mol. The number of amides is 1. The van der Waals surface area contributed by atoms with Crippen LogP contribution in [0.2, 0.25) is 0 Å². The summed E-state index contributed by atoms with van der Waals surface area (Å²) in [4.78, 5) is 12.8. The van der Waals surface area contributed by atoms with Crippen LogP contribution in [0, 0.1) is 0 Å². The van der Waals surface area contributed by atoms with Gasteiger partial charge in [-0.15, -0.1) is 0 Å². The first kappa shape index (κ1) is 35.3. The maximum atomic E-state index is 12.8. The van der Waals surface area contributed by atoms with Crippen molar-refractivity contribution in [1.29, 1.82) is 0 Å². The van der Waals surface area contributed by atoms with Crippen molar-refractivity contribution in [3.05, 3.63) is 107 Å². The van der Waals surface area contributed by atoms with Crippen molar-refractivity contribution in [1.82, 2.24) is 9.13 Å². The van der Waals surface area contributed by atoms with E-state index in [0.717, 1.165) is 34.8 Å². The summed E-state index contributed by atoms with van der Waals surface area (Å²) in [5.41, 5.74) is 13.6. The summed E-state index contributed by atoms with van der Waals surface area (Å²) in [5.74, 6) is 3.07. The molecule has 0 radical (unpaired) electrons. The van der Waals surface area contributed by atoms with E-state index in [1.807, 2.05) is 6.92 Å². The highest BCUT2D eigenvalue weighted by molar-refractivity contribution is 6.03. The standard InChI is InChI=1S/C25H29NO.C23H26N2O/c1-16(2)18-7-9-22-20(12-18)13-23-21-8-6-19(17(3)4)14-24(21)27-15-25(26(22)23)10-5-11-25;1-13(2)16-7-9-21-18(10-16)12-22-19-8-6-17(14(3)4)11-20(19)24-23(26)15(5)25(21)22/h6-9,12-14,16-17H,5,10-11,15H2,1-4H3;6-15H,1-5H3,(H,24,26). The molecule has 1 unspecified atom stereocenters. The highest BCUT2D eigenvalue weighted by Crippen LogP contribution is 2.50. The number of hydrogen-bond donors (Lipinski definition) is 1. The van der Waals surface area contributed by atoms with Crippen LogP contribution < -0.4 is 10.1 Å². The molecule has 1 amide bonds. The zero-order valence-corrected chi connectivity index (χ0v) is 33.0. The molecule has 1 fully saturated rings. The third-order valence-electron chi connectivity index (χ3n) is 12.2. The van der Waals surface area contributed by atoms with Gasteiger partial charge in [0, 0.05) is 32.9 Å². The lowest BCUT2D eigenvalue weighted by Crippen LogP contribution is -2.45. The fourth-order valence-electron chi connectivity index (χ4n) is 8.60. The van der Waals surface area contributed by atoms with Gasteiger partial charge in [-0.1, -0.05) is 85.7 Å². The van der Waals surface area contributed by atoms with Crippen LogP contribution in [0.5, 0.6) is 5.75 Å². The van der Waals surface area contributed by atoms with Gasteiger partial charge < -0.3 is 19.2 Å². The first-order valence-corrected chi connectivity index (χ1v) is 19.9. The number of benzene rings is 4. The molecule has 2 aromatic heterocycles. The third kappa shape index (κ3) is 5.97. The van der Waals surface area contributed by atoms with Gasteiger partial charge in [0.1, 0.15) is 18.4 Å². The topological polar surface area (TPSA) is 48.2 Å². The van der Waals surface area contributed by atoms with Crippen molar-refractivity contribution < 1.29 is 9.53 Å². The molecule has 5 heteroatoms. The molecule has 3 aliphatic rings. The summed E-state index contributed by atoms with van der Waals surface area (Å²) in [6, 6.07) is 31.3. The minimum atomic E-state index is -0.248. The molecule has 9 rings (SSSR count). The average molecular weight is 706 g/mol. The number of ether oxygens (including phenoxy) is 1. The SMILES string of the molecule is CC(C)c1ccc2c(c1)NC(=O)C(C)n1c-2cc2cc(C(C)C)ccc21.CC(C)c1ccc2c(c1)OCC1(CCC1)n1c-2cc2cc(C(C)C)ccc21. The van der Waals surface area contributed by atoms with Crippen molar-refractivity contribution in [2.75, 3.05) is 11.9 Å². The number of carbonyl (C=O) groups is 1. The molecule has 2 aliphatic heterocycles. The molecule has 274 valence electrons. The predicted octanol–water partition coefficient (Wildman–Crippen LogP) is 12.9. The summed E-state index contributed by atoms with van der Waals surface area (Å²) in [5, 5.41) is 5.70. The Balaban J connectivity index is 0.000000151. The van der Waals surface area contributed by atoms with Gasteiger partial charge in [-0.3, -0.25) is 4.79 Å². The predicted molar refractivity (Wildman–Crippen MR) is 222 cm³/mol. The Labute approximate surface area is 315 Å². The highest BCUT2D eigenvalue weighted by atomic mass is 16.5. The van der Waals surface area contributed by atoms with Gasteiger partial charge in [-0.05, 0) is 127 Å². The van der Waals surface area contributed by atoms with Crippen molar-refractivity contribution in [3.8, 4) is 28.3 Å². The molecule has 1 saturated carbocycles. The van der Waals surface area contributed by atoms with Crippen LogP contribution in [-0.2, 0) is 10.3 Å². The number of nitrogens with zero attached hydrogens (tertiary/aromatic N) is 2. The van der Waals surface area contributed by atoms with Crippen LogP contribution in [0.3, 0.4) is 0 Å². The molecule has 4 aromatic carbocycles. The molecule has 4 heterocycles. The van der Waals surface area contributed by atoms with Crippen molar-refractivity contribution in [2.24, 2.45) is 0 Å². The quantitative estimate of drug-likeness (QED) is 0.198. The first-order chi connectivity index (χ1) is 25.3. The number of anilines is 1. The minimum absolute atomic E-state index is 0.0383. The van der Waals surface area contributed by atoms with Crippen molar-refractivity contribution in [3.63, 3.8) is 0 Å². The van der Waals surface area contributed by atoms with E-state index in [1.54, 1.807) is 0 Å². The second kappa shape index (κ2) is 13.3. The van der Waals surface area contributed by atoms with Crippen LogP contribution in [0.4, 0.5) is 5.69 Å². The van der Waals surface area contributed by atoms with Gasteiger partial charge in [0.25, 0.3) is 0 Å². The largest absolute Gasteiger partial charge is 0.490 e. The normalized spacial score (nSPS) is 17.1. The van der Waals surface area contributed by atoms with E-state index in [-0.39, 0.29) is 17.5 Å². The molecule has 1 atom stereocenters. The lowest BCUT2D eigenvalue weighted by molar-refractivity contribution is -0.118. The van der Waals surface area contributed by atoms with Crippen LogP contribution in [-0.4, -0.2) is 21.6 Å². The van der Waals surface area contributed by atoms with E-state index in [0.29, 0.717) is 23.7 Å². The zero-order chi connectivity index (χ0) is 37.3. The van der Waals surface area contributed by atoms with Gasteiger partial charge in [0.05, 0.1) is 22.6 Å². The number of aromatic nitrogens is 2. The molecular weight excluding hydrogens is 651 g/mol. The molecule has 5 nitrogen and oxygen atoms in total. The number of carbonyl (C=O) groups excluding carboxylic acids is 1. The number of rotatable bonds is 4. The average Bonchev–Trinajstić information content (AvgIpc) is 3.62. The molecule has 0 saturated heterocycles. The Kier molecular flexibility index (Phi) is 8.83. The Morgan fingerprint density at radius 2 is 1.17 bits per heavy atom. The second-order valence-electron chi connectivity index (χ2n) is 17.1. The lowest BCUT2D eigenvalue weighted by Gasteiger charge is -2.43. The maximum Gasteiger partial charge on any atom is 0.247 e. The number of nitrogens with one attached hydrogen (secondary N) is 1. The van der Waals surface area contributed by atoms with Crippen LogP contribution >= 0.6 is 0 Å². The summed E-state index contributed by atoms with van der Waals surface area (Å²) in [7, 11) is 0. The van der Waals surface area contributed by atoms with Gasteiger partial charge in [0.2, 0.25) is 5.91 Å². The molecule has 0 bridgehead atoms. The van der Waals surface area contributed by atoms with E-state index in [4.69, 9.17) is 4.74 Å². The lowest BCUT2D eigenvalue weighted by atomic mass is 9.76. The molecule has 1 spiro atoms. The fraction of sp³-hybridized carbons (Fsp3) is 0.396. The van der Waals surface area contributed by atoms with Crippen LogP contribution in [0.1, 0.15) is 134 Å². The van der Waals surface area contributed by atoms with Gasteiger partial charge in [0.15, 0.2) is 0 Å². The Morgan fingerprint density at radius 1 is 0.642 bits per heavy atom. The van der Waals surface area contributed by atoms with Gasteiger partial charge in [-0.25, -0.2) is 0 Å². The van der Waals surface area contributed by atoms with E-state index in [9.17, 15) is 4.79 Å². The Bertz CT molecular complexity index is 2360. The minimum Gasteiger partial charge on any atom is -0.490 e. The molecule has 6 aromatic rings. The summed E-state index contributed by atoms with van der Waals surface area (Å²) in [6.45, 7) is 20.6. The van der Waals surface area contributed by atoms with E-state index >= 15 is 0 Å². The zero-order valence-electron chi connectivity index (χ0n) is 33.0. The van der Waals surface area contributed by atoms with Crippen molar-refractivity contribution >= 4 is 33.4 Å². The van der Waals surface area contributed by atoms with E-state index in [1.165, 1.54) is 69.1 Å². The number of hydrogen-bond acceptors (Lipinski definition) is 2. The third-order valence-corrected chi connectivity index (χ3v) is 12.2. The summed E-state index contributed by atoms with van der Waals surface area (Å²) < 4.78 is 11.2.